The number of rotatable bonds is 9. The van der Waals surface area contributed by atoms with Gasteiger partial charge in [-0.3, -0.25) is 0 Å². The minimum atomic E-state index is -0.0153. The van der Waals surface area contributed by atoms with Crippen LogP contribution in [-0.4, -0.2) is 37.1 Å². The van der Waals surface area contributed by atoms with Crippen molar-refractivity contribution in [3.05, 3.63) is 12.7 Å². The second-order valence-corrected chi connectivity index (χ2v) is 5.93. The summed E-state index contributed by atoms with van der Waals surface area (Å²) in [6, 6.07) is -0.00116. The first-order valence-electron chi connectivity index (χ1n) is 8.65. The van der Waals surface area contributed by atoms with Crippen LogP contribution in [0.1, 0.15) is 59.8 Å². The van der Waals surface area contributed by atoms with Crippen LogP contribution in [0.2, 0.25) is 0 Å². The minimum Gasteiger partial charge on any atom is -0.480 e. The van der Waals surface area contributed by atoms with Gasteiger partial charge in [-0.2, -0.15) is 0 Å². The molecule has 4 heteroatoms. The molecule has 0 amide bonds. The van der Waals surface area contributed by atoms with Crippen LogP contribution in [0, 0.1) is 5.92 Å². The minimum absolute atomic E-state index is 0.0141. The van der Waals surface area contributed by atoms with Gasteiger partial charge in [0.15, 0.2) is 0 Å². The van der Waals surface area contributed by atoms with E-state index in [4.69, 9.17) is 19.5 Å². The highest BCUT2D eigenvalue weighted by Gasteiger charge is 2.31. The largest absolute Gasteiger partial charge is 0.480 e. The summed E-state index contributed by atoms with van der Waals surface area (Å²) in [5, 5.41) is 0. The fourth-order valence-electron chi connectivity index (χ4n) is 2.54. The van der Waals surface area contributed by atoms with E-state index >= 15 is 0 Å². The van der Waals surface area contributed by atoms with E-state index in [1.165, 1.54) is 12.8 Å². The monoisotopic (exact) mass is 308 g/mol. The molecule has 1 rings (SSSR count). The lowest BCUT2D eigenvalue weighted by Crippen LogP contribution is -2.38. The first kappa shape index (κ1) is 18.7. The lowest BCUT2D eigenvalue weighted by Gasteiger charge is -2.28. The van der Waals surface area contributed by atoms with Gasteiger partial charge in [-0.25, -0.2) is 9.98 Å². The molecule has 0 aromatic carbocycles. The van der Waals surface area contributed by atoms with Crippen molar-refractivity contribution in [1.29, 1.82) is 0 Å². The molecule has 1 aliphatic rings. The molecular weight excluding hydrogens is 276 g/mol. The van der Waals surface area contributed by atoms with Gasteiger partial charge in [0.1, 0.15) is 12.1 Å². The lowest BCUT2D eigenvalue weighted by atomic mass is 10.0. The van der Waals surface area contributed by atoms with E-state index in [-0.39, 0.29) is 12.1 Å². The van der Waals surface area contributed by atoms with E-state index < -0.39 is 0 Å². The first-order chi connectivity index (χ1) is 10.6. The van der Waals surface area contributed by atoms with Crippen LogP contribution in [-0.2, 0) is 9.47 Å². The molecular formula is C18H32N2O2. The second kappa shape index (κ2) is 10.4. The molecule has 4 nitrogen and oxygen atoms in total. The summed E-state index contributed by atoms with van der Waals surface area (Å²) < 4.78 is 11.5. The zero-order chi connectivity index (χ0) is 16.4. The lowest BCUT2D eigenvalue weighted by molar-refractivity contribution is 0.273. The maximum atomic E-state index is 5.75. The fraction of sp³-hybridized carbons (Fsp3) is 0.778. The highest BCUT2D eigenvalue weighted by molar-refractivity contribution is 5.94. The number of hydrogen-bond donors (Lipinski definition) is 0. The third-order valence-electron chi connectivity index (χ3n) is 3.69. The highest BCUT2D eigenvalue weighted by Crippen LogP contribution is 2.21. The number of unbranched alkanes of at least 4 members (excludes halogenated alkanes) is 3. The van der Waals surface area contributed by atoms with Crippen molar-refractivity contribution in [3.63, 3.8) is 0 Å². The topological polar surface area (TPSA) is 43.2 Å². The number of allylic oxidation sites excluding steroid dienone is 1. The van der Waals surface area contributed by atoms with E-state index in [9.17, 15) is 0 Å². The van der Waals surface area contributed by atoms with Gasteiger partial charge in [-0.15, -0.1) is 6.58 Å². The predicted molar refractivity (Wildman–Crippen MR) is 93.8 cm³/mol. The maximum Gasteiger partial charge on any atom is 0.210 e. The van der Waals surface area contributed by atoms with E-state index in [2.05, 4.69) is 20.4 Å². The van der Waals surface area contributed by atoms with Crippen LogP contribution in [0.3, 0.4) is 0 Å². The molecule has 0 spiro atoms. The molecule has 0 radical (unpaired) electrons. The Balaban J connectivity index is 2.72. The molecule has 22 heavy (non-hydrogen) atoms. The van der Waals surface area contributed by atoms with Crippen molar-refractivity contribution in [3.8, 4) is 0 Å². The van der Waals surface area contributed by atoms with Crippen LogP contribution < -0.4 is 0 Å². The van der Waals surface area contributed by atoms with E-state index in [1.54, 1.807) is 0 Å². The van der Waals surface area contributed by atoms with Gasteiger partial charge in [-0.1, -0.05) is 32.8 Å². The van der Waals surface area contributed by atoms with Crippen LogP contribution in [0.4, 0.5) is 0 Å². The van der Waals surface area contributed by atoms with Gasteiger partial charge in [0.2, 0.25) is 11.8 Å². The molecule has 0 fully saturated rings. The van der Waals surface area contributed by atoms with Crippen molar-refractivity contribution < 1.29 is 9.47 Å². The number of nitrogens with zero attached hydrogens (tertiary/aromatic N) is 2. The van der Waals surface area contributed by atoms with Gasteiger partial charge < -0.3 is 9.47 Å². The summed E-state index contributed by atoms with van der Waals surface area (Å²) in [4.78, 5) is 9.60. The fourth-order valence-corrected chi connectivity index (χ4v) is 2.54. The molecule has 126 valence electrons. The summed E-state index contributed by atoms with van der Waals surface area (Å²) in [7, 11) is 0. The molecule has 0 aromatic rings. The van der Waals surface area contributed by atoms with Crippen LogP contribution in [0.5, 0.6) is 0 Å². The number of ether oxygens (including phenoxy) is 2. The first-order valence-corrected chi connectivity index (χ1v) is 8.65. The Morgan fingerprint density at radius 3 is 2.32 bits per heavy atom. The normalized spacial score (nSPS) is 21.3. The molecule has 0 unspecified atom stereocenters. The average molecular weight is 308 g/mol. The smallest absolute Gasteiger partial charge is 0.210 e. The van der Waals surface area contributed by atoms with Crippen molar-refractivity contribution in [2.24, 2.45) is 15.9 Å². The van der Waals surface area contributed by atoms with Gasteiger partial charge in [-0.05, 0) is 39.0 Å². The molecule has 1 aliphatic heterocycles. The predicted octanol–water partition coefficient (Wildman–Crippen LogP) is 4.40. The number of aliphatic imine (C=N–C) groups is 2. The Bertz CT molecular complexity index is 389. The summed E-state index contributed by atoms with van der Waals surface area (Å²) in [6.45, 7) is 13.3. The highest BCUT2D eigenvalue weighted by atomic mass is 16.5. The Kier molecular flexibility index (Phi) is 8.86. The summed E-state index contributed by atoms with van der Waals surface area (Å²) in [6.07, 6.45) is 7.53. The summed E-state index contributed by atoms with van der Waals surface area (Å²) in [5.41, 5.74) is 0. The summed E-state index contributed by atoms with van der Waals surface area (Å²) >= 11 is 0. The third kappa shape index (κ3) is 5.82. The van der Waals surface area contributed by atoms with Crippen LogP contribution >= 0.6 is 0 Å². The summed E-state index contributed by atoms with van der Waals surface area (Å²) in [5.74, 6) is 1.92. The molecule has 0 aliphatic carbocycles. The second-order valence-electron chi connectivity index (χ2n) is 5.93. The van der Waals surface area contributed by atoms with Crippen molar-refractivity contribution in [1.82, 2.24) is 0 Å². The Morgan fingerprint density at radius 2 is 1.73 bits per heavy atom. The Labute approximate surface area is 135 Å². The van der Waals surface area contributed by atoms with Gasteiger partial charge >= 0.3 is 0 Å². The SMILES string of the molecule is C=CCCCCC[C@@H]1N=C(OCC)[C@@H](C(C)C)N=C1OCC. The molecule has 0 bridgehead atoms. The van der Waals surface area contributed by atoms with Gasteiger partial charge in [0.05, 0.1) is 13.2 Å². The molecule has 0 aromatic heterocycles. The number of hydrogen-bond acceptors (Lipinski definition) is 4. The van der Waals surface area contributed by atoms with Crippen molar-refractivity contribution in [2.45, 2.75) is 71.9 Å². The molecule has 1 heterocycles. The van der Waals surface area contributed by atoms with Gasteiger partial charge in [0.25, 0.3) is 0 Å². The standard InChI is InChI=1S/C18H32N2O2/c1-6-9-10-11-12-13-15-17(21-7-2)20-16(14(4)5)18(19-15)22-8-3/h6,14-16H,1,7-13H2,2-5H3/t15-,16+/m0/s1. The van der Waals surface area contributed by atoms with Crippen LogP contribution in [0.25, 0.3) is 0 Å². The maximum absolute atomic E-state index is 5.75. The molecule has 2 atom stereocenters. The van der Waals surface area contributed by atoms with Crippen LogP contribution in [0.15, 0.2) is 22.6 Å². The van der Waals surface area contributed by atoms with Crippen molar-refractivity contribution in [2.75, 3.05) is 13.2 Å². The zero-order valence-corrected chi connectivity index (χ0v) is 14.7. The van der Waals surface area contributed by atoms with Gasteiger partial charge in [0, 0.05) is 0 Å². The zero-order valence-electron chi connectivity index (χ0n) is 14.7. The quantitative estimate of drug-likeness (QED) is 0.468. The van der Waals surface area contributed by atoms with E-state index in [0.29, 0.717) is 19.1 Å². The molecule has 0 N–H and O–H groups in total. The van der Waals surface area contributed by atoms with Crippen molar-refractivity contribution >= 4 is 11.8 Å². The van der Waals surface area contributed by atoms with E-state index in [1.807, 2.05) is 19.9 Å². The molecule has 0 saturated heterocycles. The van der Waals surface area contributed by atoms with E-state index in [0.717, 1.165) is 31.1 Å². The Morgan fingerprint density at radius 1 is 1.05 bits per heavy atom. The Hall–Kier alpha value is -1.32. The average Bonchev–Trinajstić information content (AvgIpc) is 2.49. The molecule has 0 saturated carbocycles. The third-order valence-corrected chi connectivity index (χ3v) is 3.69.